The first-order valence-electron chi connectivity index (χ1n) is 8.47. The quantitative estimate of drug-likeness (QED) is 0.818. The summed E-state index contributed by atoms with van der Waals surface area (Å²) in [7, 11) is 1.97. The maximum atomic E-state index is 12.7. The Labute approximate surface area is 131 Å². The largest absolute Gasteiger partial charge is 0.342 e. The maximum absolute atomic E-state index is 12.7. The lowest BCUT2D eigenvalue weighted by Gasteiger charge is -2.38. The standard InChI is InChI=1S/C17H35N3O/c1-6-9-20-10-7-15(8-11-20)19(5)16(21)14(13-18)12-17(2,3)4/h14-15H,6-13,18H2,1-5H3. The summed E-state index contributed by atoms with van der Waals surface area (Å²) in [5.41, 5.74) is 6.00. The molecule has 1 saturated heterocycles. The molecule has 2 N–H and O–H groups in total. The van der Waals surface area contributed by atoms with Gasteiger partial charge < -0.3 is 15.5 Å². The Bertz CT molecular complexity index is 316. The third-order valence-electron chi connectivity index (χ3n) is 4.48. The van der Waals surface area contributed by atoms with Crippen LogP contribution < -0.4 is 5.73 Å². The number of hydrogen-bond acceptors (Lipinski definition) is 3. The summed E-state index contributed by atoms with van der Waals surface area (Å²) >= 11 is 0. The molecule has 0 aromatic heterocycles. The van der Waals surface area contributed by atoms with Gasteiger partial charge in [0, 0.05) is 32.7 Å². The molecule has 21 heavy (non-hydrogen) atoms. The molecule has 1 aliphatic heterocycles. The monoisotopic (exact) mass is 297 g/mol. The molecule has 1 unspecified atom stereocenters. The predicted molar refractivity (Wildman–Crippen MR) is 89.1 cm³/mol. The van der Waals surface area contributed by atoms with Gasteiger partial charge in [0.05, 0.1) is 5.92 Å². The first kappa shape index (κ1) is 18.4. The van der Waals surface area contributed by atoms with E-state index in [-0.39, 0.29) is 17.2 Å². The van der Waals surface area contributed by atoms with E-state index in [4.69, 9.17) is 5.73 Å². The van der Waals surface area contributed by atoms with E-state index < -0.39 is 0 Å². The van der Waals surface area contributed by atoms with Crippen molar-refractivity contribution in [1.82, 2.24) is 9.80 Å². The molecular weight excluding hydrogens is 262 g/mol. The Balaban J connectivity index is 2.53. The second kappa shape index (κ2) is 8.14. The van der Waals surface area contributed by atoms with E-state index in [1.54, 1.807) is 0 Å². The fourth-order valence-corrected chi connectivity index (χ4v) is 3.33. The van der Waals surface area contributed by atoms with Crippen LogP contribution in [0.5, 0.6) is 0 Å². The zero-order chi connectivity index (χ0) is 16.0. The molecule has 1 rings (SSSR count). The summed E-state index contributed by atoms with van der Waals surface area (Å²) in [6.07, 6.45) is 4.26. The topological polar surface area (TPSA) is 49.6 Å². The number of nitrogens with two attached hydrogens (primary N) is 1. The Hall–Kier alpha value is -0.610. The SMILES string of the molecule is CCCN1CCC(N(C)C(=O)C(CN)CC(C)(C)C)CC1. The number of hydrogen-bond donors (Lipinski definition) is 1. The second-order valence-electron chi connectivity index (χ2n) is 7.72. The maximum Gasteiger partial charge on any atom is 0.226 e. The highest BCUT2D eigenvalue weighted by atomic mass is 16.2. The average molecular weight is 297 g/mol. The van der Waals surface area contributed by atoms with Crippen molar-refractivity contribution in [3.05, 3.63) is 0 Å². The van der Waals surface area contributed by atoms with Crippen molar-refractivity contribution in [2.24, 2.45) is 17.1 Å². The van der Waals surface area contributed by atoms with Crippen LogP contribution in [0.2, 0.25) is 0 Å². The number of amides is 1. The van der Waals surface area contributed by atoms with Crippen LogP contribution in [0.25, 0.3) is 0 Å². The van der Waals surface area contributed by atoms with Gasteiger partial charge >= 0.3 is 0 Å². The molecule has 4 nitrogen and oxygen atoms in total. The lowest BCUT2D eigenvalue weighted by atomic mass is 9.83. The van der Waals surface area contributed by atoms with Crippen LogP contribution in [0.1, 0.15) is 53.4 Å². The van der Waals surface area contributed by atoms with Crippen molar-refractivity contribution in [3.8, 4) is 0 Å². The van der Waals surface area contributed by atoms with Gasteiger partial charge in [-0.05, 0) is 37.6 Å². The number of carbonyl (C=O) groups is 1. The van der Waals surface area contributed by atoms with E-state index in [1.165, 1.54) is 13.0 Å². The molecule has 0 aromatic carbocycles. The fourth-order valence-electron chi connectivity index (χ4n) is 3.33. The number of carbonyl (C=O) groups excluding carboxylic acids is 1. The van der Waals surface area contributed by atoms with E-state index in [0.717, 1.165) is 32.4 Å². The van der Waals surface area contributed by atoms with Crippen LogP contribution in [-0.2, 0) is 4.79 Å². The normalized spacial score (nSPS) is 19.5. The van der Waals surface area contributed by atoms with Gasteiger partial charge in [-0.2, -0.15) is 0 Å². The molecule has 0 aromatic rings. The molecule has 1 fully saturated rings. The molecule has 0 aliphatic carbocycles. The van der Waals surface area contributed by atoms with Crippen molar-refractivity contribution in [2.45, 2.75) is 59.4 Å². The molecule has 4 heteroatoms. The third kappa shape index (κ3) is 5.95. The molecule has 1 atom stereocenters. The number of likely N-dealkylation sites (tertiary alicyclic amines) is 1. The van der Waals surface area contributed by atoms with Crippen LogP contribution in [0.3, 0.4) is 0 Å². The number of piperidine rings is 1. The van der Waals surface area contributed by atoms with Crippen LogP contribution >= 0.6 is 0 Å². The smallest absolute Gasteiger partial charge is 0.226 e. The Morgan fingerprint density at radius 1 is 1.33 bits per heavy atom. The number of nitrogens with zero attached hydrogens (tertiary/aromatic N) is 2. The average Bonchev–Trinajstić information content (AvgIpc) is 2.43. The van der Waals surface area contributed by atoms with Crippen molar-refractivity contribution in [1.29, 1.82) is 0 Å². The van der Waals surface area contributed by atoms with E-state index in [0.29, 0.717) is 12.6 Å². The highest BCUT2D eigenvalue weighted by Gasteiger charge is 2.30. The first-order valence-corrected chi connectivity index (χ1v) is 8.47. The molecule has 124 valence electrons. The number of rotatable bonds is 6. The van der Waals surface area contributed by atoms with E-state index >= 15 is 0 Å². The highest BCUT2D eigenvalue weighted by molar-refractivity contribution is 5.79. The Morgan fingerprint density at radius 3 is 2.33 bits per heavy atom. The molecule has 0 radical (unpaired) electrons. The molecule has 0 spiro atoms. The van der Waals surface area contributed by atoms with Gasteiger partial charge in [0.1, 0.15) is 0 Å². The molecule has 0 saturated carbocycles. The molecule has 1 aliphatic rings. The van der Waals surface area contributed by atoms with Crippen LogP contribution in [0.4, 0.5) is 0 Å². The lowest BCUT2D eigenvalue weighted by Crippen LogP contribution is -2.48. The van der Waals surface area contributed by atoms with Crippen molar-refractivity contribution in [3.63, 3.8) is 0 Å². The van der Waals surface area contributed by atoms with Gasteiger partial charge in [-0.25, -0.2) is 0 Å². The zero-order valence-electron chi connectivity index (χ0n) is 14.7. The molecular formula is C17H35N3O. The van der Waals surface area contributed by atoms with E-state index in [1.807, 2.05) is 11.9 Å². The predicted octanol–water partition coefficient (Wildman–Crippen LogP) is 2.33. The lowest BCUT2D eigenvalue weighted by molar-refractivity contribution is -0.137. The highest BCUT2D eigenvalue weighted by Crippen LogP contribution is 2.26. The van der Waals surface area contributed by atoms with Crippen LogP contribution in [-0.4, -0.2) is 55.0 Å². The van der Waals surface area contributed by atoms with Gasteiger partial charge in [0.15, 0.2) is 0 Å². The first-order chi connectivity index (χ1) is 9.78. The van der Waals surface area contributed by atoms with Crippen molar-refractivity contribution in [2.75, 3.05) is 33.2 Å². The van der Waals surface area contributed by atoms with E-state index in [2.05, 4.69) is 32.6 Å². The summed E-state index contributed by atoms with van der Waals surface area (Å²) < 4.78 is 0. The Kier molecular flexibility index (Phi) is 7.14. The van der Waals surface area contributed by atoms with Gasteiger partial charge in [-0.3, -0.25) is 4.79 Å². The summed E-state index contributed by atoms with van der Waals surface area (Å²) in [5.74, 6) is 0.199. The molecule has 1 amide bonds. The van der Waals surface area contributed by atoms with Gasteiger partial charge in [-0.1, -0.05) is 27.7 Å². The zero-order valence-corrected chi connectivity index (χ0v) is 14.7. The Morgan fingerprint density at radius 2 is 1.90 bits per heavy atom. The minimum Gasteiger partial charge on any atom is -0.342 e. The van der Waals surface area contributed by atoms with E-state index in [9.17, 15) is 4.79 Å². The molecule has 1 heterocycles. The van der Waals surface area contributed by atoms with Crippen molar-refractivity contribution < 1.29 is 4.79 Å². The molecule has 0 bridgehead atoms. The van der Waals surface area contributed by atoms with Gasteiger partial charge in [0.25, 0.3) is 0 Å². The minimum atomic E-state index is -0.0383. The van der Waals surface area contributed by atoms with Crippen LogP contribution in [0.15, 0.2) is 0 Å². The summed E-state index contributed by atoms with van der Waals surface area (Å²) in [6, 6.07) is 0.389. The minimum absolute atomic E-state index is 0.0383. The van der Waals surface area contributed by atoms with Gasteiger partial charge in [-0.15, -0.1) is 0 Å². The second-order valence-corrected chi connectivity index (χ2v) is 7.72. The summed E-state index contributed by atoms with van der Waals surface area (Å²) in [4.78, 5) is 17.2. The van der Waals surface area contributed by atoms with Crippen molar-refractivity contribution >= 4 is 5.91 Å². The fraction of sp³-hybridized carbons (Fsp3) is 0.941. The third-order valence-corrected chi connectivity index (χ3v) is 4.48. The summed E-state index contributed by atoms with van der Waals surface area (Å²) in [5, 5.41) is 0. The summed E-state index contributed by atoms with van der Waals surface area (Å²) in [6.45, 7) is 12.6. The van der Waals surface area contributed by atoms with Crippen LogP contribution in [0, 0.1) is 11.3 Å². The van der Waals surface area contributed by atoms with Gasteiger partial charge in [0.2, 0.25) is 5.91 Å².